The largest absolute Gasteiger partial charge is 0.455 e. The van der Waals surface area contributed by atoms with Crippen LogP contribution in [-0.4, -0.2) is 40.7 Å². The fraction of sp³-hybridized carbons (Fsp3) is 0.280. The minimum absolute atomic E-state index is 0.0471. The van der Waals surface area contributed by atoms with Crippen LogP contribution >= 0.6 is 0 Å². The van der Waals surface area contributed by atoms with Crippen LogP contribution in [0.1, 0.15) is 29.8 Å². The zero-order chi connectivity index (χ0) is 23.4. The lowest BCUT2D eigenvalue weighted by Crippen LogP contribution is -2.23. The van der Waals surface area contributed by atoms with Crippen LogP contribution in [-0.2, 0) is 25.5 Å². The summed E-state index contributed by atoms with van der Waals surface area (Å²) in [5.74, 6) is -0.804. The minimum Gasteiger partial charge on any atom is -0.455 e. The Bertz CT molecular complexity index is 1170. The Morgan fingerprint density at radius 3 is 2.42 bits per heavy atom. The number of esters is 1. The normalized spacial score (nSPS) is 13.3. The van der Waals surface area contributed by atoms with Crippen LogP contribution in [0.3, 0.4) is 0 Å². The molecule has 1 fully saturated rings. The summed E-state index contributed by atoms with van der Waals surface area (Å²) in [6.07, 6.45) is 1.48. The van der Waals surface area contributed by atoms with Crippen LogP contribution in [0.5, 0.6) is 0 Å². The number of nitrogens with zero attached hydrogens (tertiary/aromatic N) is 3. The number of carbonyl (C=O) groups excluding carboxylic acids is 3. The van der Waals surface area contributed by atoms with E-state index in [-0.39, 0.29) is 18.9 Å². The molecule has 4 rings (SSSR count). The van der Waals surface area contributed by atoms with Crippen LogP contribution < -0.4 is 10.2 Å². The van der Waals surface area contributed by atoms with Crippen molar-refractivity contribution in [1.29, 1.82) is 0 Å². The zero-order valence-electron chi connectivity index (χ0n) is 18.7. The number of carbonyl (C=O) groups is 3. The first-order valence-corrected chi connectivity index (χ1v) is 10.9. The molecule has 170 valence electrons. The first kappa shape index (κ1) is 22.3. The Kier molecular flexibility index (Phi) is 6.53. The van der Waals surface area contributed by atoms with Crippen LogP contribution in [0.25, 0.3) is 5.69 Å². The third-order valence-electron chi connectivity index (χ3n) is 5.59. The van der Waals surface area contributed by atoms with E-state index >= 15 is 0 Å². The Balaban J connectivity index is 1.30. The molecule has 1 aliphatic rings. The molecule has 0 saturated carbocycles. The molecular weight excluding hydrogens is 420 g/mol. The maximum absolute atomic E-state index is 12.4. The van der Waals surface area contributed by atoms with Crippen molar-refractivity contribution in [2.24, 2.45) is 0 Å². The first-order chi connectivity index (χ1) is 15.9. The number of para-hydroxylation sites is 1. The summed E-state index contributed by atoms with van der Waals surface area (Å²) in [6, 6.07) is 16.9. The Labute approximate surface area is 192 Å². The first-order valence-electron chi connectivity index (χ1n) is 10.9. The van der Waals surface area contributed by atoms with Crippen molar-refractivity contribution >= 4 is 29.2 Å². The van der Waals surface area contributed by atoms with Gasteiger partial charge in [0.25, 0.3) is 5.91 Å². The van der Waals surface area contributed by atoms with Crippen molar-refractivity contribution in [3.05, 3.63) is 71.5 Å². The van der Waals surface area contributed by atoms with Gasteiger partial charge in [-0.15, -0.1) is 0 Å². The fourth-order valence-corrected chi connectivity index (χ4v) is 3.90. The van der Waals surface area contributed by atoms with Gasteiger partial charge in [-0.2, -0.15) is 5.10 Å². The summed E-state index contributed by atoms with van der Waals surface area (Å²) >= 11 is 0. The minimum atomic E-state index is -0.497. The molecule has 1 saturated heterocycles. The number of hydrogen-bond donors (Lipinski definition) is 1. The van der Waals surface area contributed by atoms with E-state index in [1.807, 2.05) is 56.3 Å². The van der Waals surface area contributed by atoms with Crippen molar-refractivity contribution in [3.63, 3.8) is 0 Å². The van der Waals surface area contributed by atoms with Gasteiger partial charge in [-0.1, -0.05) is 30.3 Å². The lowest BCUT2D eigenvalue weighted by molar-refractivity contribution is -0.146. The van der Waals surface area contributed by atoms with Crippen LogP contribution in [0, 0.1) is 13.8 Å². The van der Waals surface area contributed by atoms with Gasteiger partial charge in [0.2, 0.25) is 5.91 Å². The van der Waals surface area contributed by atoms with Gasteiger partial charge < -0.3 is 15.0 Å². The highest BCUT2D eigenvalue weighted by atomic mass is 16.5. The molecular formula is C25H26N4O4. The Morgan fingerprint density at radius 2 is 1.76 bits per heavy atom. The Morgan fingerprint density at radius 1 is 1.03 bits per heavy atom. The molecule has 2 heterocycles. The summed E-state index contributed by atoms with van der Waals surface area (Å²) < 4.78 is 6.92. The molecule has 0 atom stereocenters. The summed E-state index contributed by atoms with van der Waals surface area (Å²) in [7, 11) is 0. The van der Waals surface area contributed by atoms with E-state index in [1.54, 1.807) is 21.7 Å². The smallest absolute Gasteiger partial charge is 0.310 e. The molecule has 1 aliphatic heterocycles. The number of nitrogens with one attached hydrogen (secondary N) is 1. The lowest BCUT2D eigenvalue weighted by Gasteiger charge is -2.15. The van der Waals surface area contributed by atoms with Gasteiger partial charge in [-0.3, -0.25) is 14.4 Å². The van der Waals surface area contributed by atoms with E-state index in [2.05, 4.69) is 10.4 Å². The number of aryl methyl sites for hydroxylation is 1. The predicted molar refractivity (Wildman–Crippen MR) is 124 cm³/mol. The van der Waals surface area contributed by atoms with E-state index in [9.17, 15) is 14.4 Å². The van der Waals surface area contributed by atoms with Crippen molar-refractivity contribution < 1.29 is 19.1 Å². The summed E-state index contributed by atoms with van der Waals surface area (Å²) in [5.41, 5.74) is 4.54. The highest BCUT2D eigenvalue weighted by Crippen LogP contribution is 2.23. The van der Waals surface area contributed by atoms with Crippen LogP contribution in [0.15, 0.2) is 54.6 Å². The zero-order valence-corrected chi connectivity index (χ0v) is 18.7. The summed E-state index contributed by atoms with van der Waals surface area (Å²) in [5, 5.41) is 7.29. The van der Waals surface area contributed by atoms with Gasteiger partial charge in [-0.05, 0) is 50.1 Å². The second-order valence-corrected chi connectivity index (χ2v) is 7.99. The predicted octanol–water partition coefficient (Wildman–Crippen LogP) is 3.34. The fourth-order valence-electron chi connectivity index (χ4n) is 3.90. The third kappa shape index (κ3) is 5.11. The molecule has 8 heteroatoms. The van der Waals surface area contributed by atoms with Gasteiger partial charge >= 0.3 is 5.97 Å². The number of amides is 2. The second-order valence-electron chi connectivity index (χ2n) is 7.99. The van der Waals surface area contributed by atoms with Crippen molar-refractivity contribution in [2.75, 3.05) is 23.4 Å². The molecule has 2 amide bonds. The number of aromatic nitrogens is 2. The monoisotopic (exact) mass is 446 g/mol. The lowest BCUT2D eigenvalue weighted by atomic mass is 10.1. The standard InChI is InChI=1S/C25H26N4O4/c1-17-25(18(2)29(27-17)21-7-4-3-5-8-21)26-22(30)16-33-24(32)15-19-10-12-20(13-11-19)28-14-6-9-23(28)31/h3-5,7-8,10-13H,6,9,14-16H2,1-2H3,(H,26,30). The van der Waals surface area contributed by atoms with E-state index < -0.39 is 11.9 Å². The molecule has 0 radical (unpaired) electrons. The molecule has 33 heavy (non-hydrogen) atoms. The highest BCUT2D eigenvalue weighted by Gasteiger charge is 2.21. The van der Waals surface area contributed by atoms with Gasteiger partial charge in [0.15, 0.2) is 6.61 Å². The molecule has 0 unspecified atom stereocenters. The van der Waals surface area contributed by atoms with Gasteiger partial charge in [0, 0.05) is 18.7 Å². The van der Waals surface area contributed by atoms with Crippen molar-refractivity contribution in [2.45, 2.75) is 33.1 Å². The van der Waals surface area contributed by atoms with E-state index in [4.69, 9.17) is 4.74 Å². The molecule has 1 N–H and O–H groups in total. The van der Waals surface area contributed by atoms with Gasteiger partial charge in [0.1, 0.15) is 0 Å². The molecule has 0 bridgehead atoms. The quantitative estimate of drug-likeness (QED) is 0.562. The molecule has 8 nitrogen and oxygen atoms in total. The molecule has 0 spiro atoms. The number of hydrogen-bond acceptors (Lipinski definition) is 5. The average Bonchev–Trinajstić information content (AvgIpc) is 3.37. The third-order valence-corrected chi connectivity index (χ3v) is 5.59. The van der Waals surface area contributed by atoms with Crippen LogP contribution in [0.4, 0.5) is 11.4 Å². The summed E-state index contributed by atoms with van der Waals surface area (Å²) in [4.78, 5) is 38.2. The second kappa shape index (κ2) is 9.68. The number of anilines is 2. The Hall–Kier alpha value is -3.94. The number of rotatable bonds is 7. The molecule has 1 aromatic heterocycles. The number of ether oxygens (including phenoxy) is 1. The SMILES string of the molecule is Cc1nn(-c2ccccc2)c(C)c1NC(=O)COC(=O)Cc1ccc(N2CCCC2=O)cc1. The average molecular weight is 447 g/mol. The van der Waals surface area contributed by atoms with Gasteiger partial charge in [0.05, 0.1) is 29.2 Å². The summed E-state index contributed by atoms with van der Waals surface area (Å²) in [6.45, 7) is 4.02. The topological polar surface area (TPSA) is 93.5 Å². The maximum atomic E-state index is 12.4. The highest BCUT2D eigenvalue weighted by molar-refractivity contribution is 5.95. The van der Waals surface area contributed by atoms with Crippen LogP contribution in [0.2, 0.25) is 0 Å². The van der Waals surface area contributed by atoms with E-state index in [0.717, 1.165) is 35.6 Å². The molecule has 0 aliphatic carbocycles. The van der Waals surface area contributed by atoms with Gasteiger partial charge in [-0.25, -0.2) is 4.68 Å². The number of benzene rings is 2. The van der Waals surface area contributed by atoms with Crippen molar-refractivity contribution in [1.82, 2.24) is 9.78 Å². The van der Waals surface area contributed by atoms with Crippen molar-refractivity contribution in [3.8, 4) is 5.69 Å². The maximum Gasteiger partial charge on any atom is 0.310 e. The van der Waals surface area contributed by atoms with E-state index in [0.29, 0.717) is 17.8 Å². The van der Waals surface area contributed by atoms with E-state index in [1.165, 1.54) is 0 Å². The molecule has 3 aromatic rings. The molecule has 2 aromatic carbocycles.